The van der Waals surface area contributed by atoms with E-state index in [0.29, 0.717) is 0 Å². The maximum atomic E-state index is 5.41. The number of benzene rings is 2. The molecule has 0 radical (unpaired) electrons. The Labute approximate surface area is 137 Å². The van der Waals surface area contributed by atoms with Gasteiger partial charge in [-0.25, -0.2) is 0 Å². The molecule has 1 aliphatic rings. The summed E-state index contributed by atoms with van der Waals surface area (Å²) in [5.74, 6) is 1.46. The highest BCUT2D eigenvalue weighted by molar-refractivity contribution is 6.04. The van der Waals surface area contributed by atoms with Gasteiger partial charge in [-0.15, -0.1) is 0 Å². The van der Waals surface area contributed by atoms with Crippen LogP contribution >= 0.6 is 0 Å². The van der Waals surface area contributed by atoms with Crippen LogP contribution in [-0.2, 0) is 0 Å². The number of methoxy groups -OCH3 is 2. The minimum Gasteiger partial charge on any atom is -0.493 e. The number of hydrogen-bond acceptors (Lipinski definition) is 4. The molecule has 0 aromatic heterocycles. The van der Waals surface area contributed by atoms with Gasteiger partial charge >= 0.3 is 0 Å². The van der Waals surface area contributed by atoms with E-state index < -0.39 is 0 Å². The van der Waals surface area contributed by atoms with Gasteiger partial charge in [-0.3, -0.25) is 4.99 Å². The molecule has 0 unspecified atom stereocenters. The van der Waals surface area contributed by atoms with Crippen LogP contribution in [0.15, 0.2) is 35.3 Å². The molecule has 2 aromatic rings. The maximum Gasteiger partial charge on any atom is 0.161 e. The summed E-state index contributed by atoms with van der Waals surface area (Å²) < 4.78 is 10.7. The van der Waals surface area contributed by atoms with E-state index in [1.54, 1.807) is 14.2 Å². The second-order valence-electron chi connectivity index (χ2n) is 5.76. The largest absolute Gasteiger partial charge is 0.493 e. The molecule has 0 saturated heterocycles. The average Bonchev–Trinajstić information content (AvgIpc) is 2.77. The number of nitrogens with one attached hydrogen (secondary N) is 1. The fourth-order valence-corrected chi connectivity index (χ4v) is 2.78. The van der Waals surface area contributed by atoms with E-state index in [1.165, 1.54) is 11.1 Å². The number of aliphatic imine (C=N–C) groups is 1. The highest BCUT2D eigenvalue weighted by Gasteiger charge is 2.14. The van der Waals surface area contributed by atoms with Crippen LogP contribution in [-0.4, -0.2) is 26.5 Å². The van der Waals surface area contributed by atoms with E-state index in [9.17, 15) is 0 Å². The van der Waals surface area contributed by atoms with Crippen molar-refractivity contribution in [3.63, 3.8) is 0 Å². The first-order valence-electron chi connectivity index (χ1n) is 7.77. The predicted molar refractivity (Wildman–Crippen MR) is 94.8 cm³/mol. The molecular formula is C19H22N2O2. The molecule has 0 saturated carbocycles. The lowest BCUT2D eigenvalue weighted by atomic mass is 10.1. The number of hydrogen-bond donors (Lipinski definition) is 1. The Balaban J connectivity index is 2.05. The van der Waals surface area contributed by atoms with Gasteiger partial charge in [0.2, 0.25) is 0 Å². The van der Waals surface area contributed by atoms with Gasteiger partial charge < -0.3 is 14.8 Å². The zero-order valence-electron chi connectivity index (χ0n) is 14.1. The summed E-state index contributed by atoms with van der Waals surface area (Å²) in [6.07, 6.45) is 0.863. The summed E-state index contributed by atoms with van der Waals surface area (Å²) in [5.41, 5.74) is 6.75. The van der Waals surface area contributed by atoms with Crippen molar-refractivity contribution < 1.29 is 9.47 Å². The maximum absolute atomic E-state index is 5.41. The van der Waals surface area contributed by atoms with Gasteiger partial charge in [-0.05, 0) is 60.9 Å². The molecule has 0 bridgehead atoms. The first-order valence-corrected chi connectivity index (χ1v) is 7.77. The van der Waals surface area contributed by atoms with E-state index >= 15 is 0 Å². The lowest BCUT2D eigenvalue weighted by molar-refractivity contribution is 0.355. The van der Waals surface area contributed by atoms with Gasteiger partial charge in [-0.2, -0.15) is 0 Å². The number of rotatable bonds is 3. The normalized spacial score (nSPS) is 13.5. The second kappa shape index (κ2) is 6.32. The molecule has 1 N–H and O–H groups in total. The molecular weight excluding hydrogens is 288 g/mol. The minimum atomic E-state index is 0.727. The molecule has 0 aliphatic carbocycles. The van der Waals surface area contributed by atoms with Crippen LogP contribution in [0.2, 0.25) is 0 Å². The summed E-state index contributed by atoms with van der Waals surface area (Å²) in [5, 5.41) is 3.47. The summed E-state index contributed by atoms with van der Waals surface area (Å²) in [6, 6.07) is 10.3. The van der Waals surface area contributed by atoms with Gasteiger partial charge in [0.1, 0.15) is 0 Å². The SMILES string of the molecule is COc1ccc(C2=Nc3cc(C)c(C)cc3NCC2)cc1OC. The van der Waals surface area contributed by atoms with Gasteiger partial charge in [0, 0.05) is 13.0 Å². The number of anilines is 1. The first kappa shape index (κ1) is 15.4. The topological polar surface area (TPSA) is 42.8 Å². The Bertz CT molecular complexity index is 766. The second-order valence-corrected chi connectivity index (χ2v) is 5.76. The minimum absolute atomic E-state index is 0.727. The standard InChI is InChI=1S/C19H22N2O2/c1-12-9-16-17(10-13(12)2)21-15(7-8-20-16)14-5-6-18(22-3)19(11-14)23-4/h5-6,9-11,20H,7-8H2,1-4H3. The van der Waals surface area contributed by atoms with Crippen molar-refractivity contribution in [3.05, 3.63) is 47.0 Å². The van der Waals surface area contributed by atoms with Crippen molar-refractivity contribution >= 4 is 17.1 Å². The van der Waals surface area contributed by atoms with Crippen LogP contribution in [0.4, 0.5) is 11.4 Å². The van der Waals surface area contributed by atoms with E-state index in [2.05, 4.69) is 31.3 Å². The van der Waals surface area contributed by atoms with Crippen molar-refractivity contribution in [1.82, 2.24) is 0 Å². The van der Waals surface area contributed by atoms with E-state index in [1.807, 2.05) is 18.2 Å². The third-order valence-corrected chi connectivity index (χ3v) is 4.26. The molecule has 2 aromatic carbocycles. The Morgan fingerprint density at radius 2 is 1.70 bits per heavy atom. The van der Waals surface area contributed by atoms with Gasteiger partial charge in [0.15, 0.2) is 11.5 Å². The third-order valence-electron chi connectivity index (χ3n) is 4.26. The number of aryl methyl sites for hydroxylation is 2. The Morgan fingerprint density at radius 3 is 2.43 bits per heavy atom. The molecule has 1 aliphatic heterocycles. The van der Waals surface area contributed by atoms with Crippen LogP contribution in [0.3, 0.4) is 0 Å². The van der Waals surface area contributed by atoms with Crippen LogP contribution in [0.5, 0.6) is 11.5 Å². The molecule has 3 rings (SSSR count). The molecule has 0 fully saturated rings. The first-order chi connectivity index (χ1) is 11.1. The number of ether oxygens (including phenoxy) is 2. The quantitative estimate of drug-likeness (QED) is 0.921. The molecule has 23 heavy (non-hydrogen) atoms. The number of nitrogens with zero attached hydrogens (tertiary/aromatic N) is 1. The molecule has 120 valence electrons. The molecule has 4 nitrogen and oxygen atoms in total. The lowest BCUT2D eigenvalue weighted by Crippen LogP contribution is -2.07. The van der Waals surface area contributed by atoms with Crippen molar-refractivity contribution in [2.24, 2.45) is 4.99 Å². The van der Waals surface area contributed by atoms with E-state index in [0.717, 1.165) is 47.1 Å². The monoisotopic (exact) mass is 310 g/mol. The number of fused-ring (bicyclic) bond motifs is 1. The smallest absolute Gasteiger partial charge is 0.161 e. The van der Waals surface area contributed by atoms with Crippen LogP contribution in [0.25, 0.3) is 0 Å². The third kappa shape index (κ3) is 3.02. The summed E-state index contributed by atoms with van der Waals surface area (Å²) in [4.78, 5) is 4.90. The van der Waals surface area contributed by atoms with Gasteiger partial charge in [0.25, 0.3) is 0 Å². The zero-order chi connectivity index (χ0) is 16.4. The molecule has 0 atom stereocenters. The highest BCUT2D eigenvalue weighted by atomic mass is 16.5. The van der Waals surface area contributed by atoms with Crippen molar-refractivity contribution in [2.45, 2.75) is 20.3 Å². The van der Waals surface area contributed by atoms with Crippen molar-refractivity contribution in [3.8, 4) is 11.5 Å². The van der Waals surface area contributed by atoms with E-state index in [4.69, 9.17) is 14.5 Å². The molecule has 0 spiro atoms. The van der Waals surface area contributed by atoms with Gasteiger partial charge in [0.05, 0.1) is 31.3 Å². The predicted octanol–water partition coefficient (Wildman–Crippen LogP) is 4.26. The molecule has 4 heteroatoms. The van der Waals surface area contributed by atoms with Gasteiger partial charge in [-0.1, -0.05) is 0 Å². The molecule has 1 heterocycles. The van der Waals surface area contributed by atoms with Crippen molar-refractivity contribution in [1.29, 1.82) is 0 Å². The summed E-state index contributed by atoms with van der Waals surface area (Å²) in [7, 11) is 3.30. The summed E-state index contributed by atoms with van der Waals surface area (Å²) in [6.45, 7) is 5.11. The highest BCUT2D eigenvalue weighted by Crippen LogP contribution is 2.33. The van der Waals surface area contributed by atoms with Crippen LogP contribution in [0.1, 0.15) is 23.1 Å². The fraction of sp³-hybridized carbons (Fsp3) is 0.316. The zero-order valence-corrected chi connectivity index (χ0v) is 14.1. The van der Waals surface area contributed by atoms with Crippen LogP contribution < -0.4 is 14.8 Å². The Kier molecular flexibility index (Phi) is 4.24. The van der Waals surface area contributed by atoms with Crippen LogP contribution in [0, 0.1) is 13.8 Å². The fourth-order valence-electron chi connectivity index (χ4n) is 2.78. The van der Waals surface area contributed by atoms with Crippen molar-refractivity contribution in [2.75, 3.05) is 26.1 Å². The summed E-state index contributed by atoms with van der Waals surface area (Å²) >= 11 is 0. The Morgan fingerprint density at radius 1 is 0.957 bits per heavy atom. The lowest BCUT2D eigenvalue weighted by Gasteiger charge is -2.10. The Hall–Kier alpha value is -2.49. The average molecular weight is 310 g/mol. The molecule has 0 amide bonds. The van der Waals surface area contributed by atoms with E-state index in [-0.39, 0.29) is 0 Å².